The molecule has 112 valence electrons. The van der Waals surface area contributed by atoms with Gasteiger partial charge in [-0.05, 0) is 22.4 Å². The first-order valence-electron chi connectivity index (χ1n) is 6.79. The molecule has 0 atom stereocenters. The van der Waals surface area contributed by atoms with Crippen molar-refractivity contribution in [2.45, 2.75) is 6.54 Å². The van der Waals surface area contributed by atoms with E-state index < -0.39 is 0 Å². The Bertz CT molecular complexity index is 584. The summed E-state index contributed by atoms with van der Waals surface area (Å²) in [6.45, 7) is 3.67. The van der Waals surface area contributed by atoms with E-state index in [0.717, 1.165) is 19.6 Å². The third-order valence-corrected chi connectivity index (χ3v) is 4.00. The zero-order valence-corrected chi connectivity index (χ0v) is 12.7. The molecule has 1 saturated heterocycles. The van der Waals surface area contributed by atoms with Crippen LogP contribution in [0.5, 0.6) is 0 Å². The van der Waals surface area contributed by atoms with E-state index in [0.29, 0.717) is 25.1 Å². The molecule has 2 aromatic heterocycles. The fraction of sp³-hybridized carbons (Fsp3) is 0.462. The number of rotatable bonds is 4. The van der Waals surface area contributed by atoms with Crippen LogP contribution in [0, 0.1) is 0 Å². The third kappa shape index (κ3) is 3.40. The summed E-state index contributed by atoms with van der Waals surface area (Å²) in [5.41, 5.74) is 7.06. The molecule has 8 heteroatoms. The van der Waals surface area contributed by atoms with Crippen molar-refractivity contribution in [3.63, 3.8) is 0 Å². The lowest BCUT2D eigenvalue weighted by molar-refractivity contribution is 0.122. The summed E-state index contributed by atoms with van der Waals surface area (Å²) in [6.07, 6.45) is 0. The number of nitrogen functional groups attached to an aromatic ring is 1. The maximum Gasteiger partial charge on any atom is 0.232 e. The Morgan fingerprint density at radius 3 is 2.86 bits per heavy atom. The first-order chi connectivity index (χ1) is 10.2. The van der Waals surface area contributed by atoms with E-state index in [9.17, 15) is 0 Å². The number of aromatic nitrogens is 3. The highest BCUT2D eigenvalue weighted by Crippen LogP contribution is 2.17. The van der Waals surface area contributed by atoms with Gasteiger partial charge in [0.15, 0.2) is 0 Å². The van der Waals surface area contributed by atoms with E-state index in [1.165, 1.54) is 5.56 Å². The van der Waals surface area contributed by atoms with Gasteiger partial charge >= 0.3 is 0 Å². The number of nitrogens with zero attached hydrogens (tertiary/aromatic N) is 5. The first kappa shape index (κ1) is 14.0. The molecule has 2 N–H and O–H groups in total. The zero-order chi connectivity index (χ0) is 14.7. The van der Waals surface area contributed by atoms with Crippen molar-refractivity contribution in [3.05, 3.63) is 22.4 Å². The maximum atomic E-state index is 5.83. The van der Waals surface area contributed by atoms with E-state index in [2.05, 4.69) is 36.7 Å². The Kier molecular flexibility index (Phi) is 4.16. The number of ether oxygens (including phenoxy) is 1. The summed E-state index contributed by atoms with van der Waals surface area (Å²) in [5, 5.41) is 4.17. The number of morpholine rings is 1. The van der Waals surface area contributed by atoms with Crippen LogP contribution in [0.25, 0.3) is 0 Å². The van der Waals surface area contributed by atoms with Gasteiger partial charge < -0.3 is 20.3 Å². The third-order valence-electron chi connectivity index (χ3n) is 3.26. The first-order valence-corrected chi connectivity index (χ1v) is 7.73. The lowest BCUT2D eigenvalue weighted by Gasteiger charge is -2.27. The van der Waals surface area contributed by atoms with Crippen LogP contribution in [0.15, 0.2) is 16.8 Å². The molecule has 0 radical (unpaired) electrons. The molecule has 0 unspecified atom stereocenters. The van der Waals surface area contributed by atoms with Gasteiger partial charge in [0.25, 0.3) is 0 Å². The van der Waals surface area contributed by atoms with Gasteiger partial charge in [-0.15, -0.1) is 0 Å². The average molecular weight is 306 g/mol. The topological polar surface area (TPSA) is 80.4 Å². The molecule has 0 aromatic carbocycles. The molecule has 0 bridgehead atoms. The number of hydrogen-bond acceptors (Lipinski definition) is 8. The van der Waals surface area contributed by atoms with Crippen LogP contribution < -0.4 is 15.5 Å². The van der Waals surface area contributed by atoms with Crippen molar-refractivity contribution in [1.82, 2.24) is 15.0 Å². The summed E-state index contributed by atoms with van der Waals surface area (Å²) in [7, 11) is 1.95. The molecule has 1 aliphatic heterocycles. The molecule has 7 nitrogen and oxygen atoms in total. The van der Waals surface area contributed by atoms with E-state index in [-0.39, 0.29) is 5.95 Å². The van der Waals surface area contributed by atoms with Crippen molar-refractivity contribution < 1.29 is 4.74 Å². The minimum atomic E-state index is 0.249. The molecule has 0 amide bonds. The van der Waals surface area contributed by atoms with Gasteiger partial charge in [-0.3, -0.25) is 0 Å². The largest absolute Gasteiger partial charge is 0.378 e. The molecule has 1 aliphatic rings. The van der Waals surface area contributed by atoms with Crippen LogP contribution in [0.2, 0.25) is 0 Å². The second kappa shape index (κ2) is 6.23. The molecule has 0 aliphatic carbocycles. The average Bonchev–Trinajstić information content (AvgIpc) is 3.00. The molecule has 21 heavy (non-hydrogen) atoms. The predicted molar refractivity (Wildman–Crippen MR) is 83.7 cm³/mol. The van der Waals surface area contributed by atoms with Crippen LogP contribution in [0.4, 0.5) is 17.8 Å². The molecule has 3 rings (SSSR count). The lowest BCUT2D eigenvalue weighted by Crippen LogP contribution is -2.38. The lowest BCUT2D eigenvalue weighted by atomic mass is 10.3. The van der Waals surface area contributed by atoms with Crippen LogP contribution in [-0.2, 0) is 11.3 Å². The summed E-state index contributed by atoms with van der Waals surface area (Å²) in [6, 6.07) is 2.09. The van der Waals surface area contributed by atoms with E-state index in [1.54, 1.807) is 11.3 Å². The number of anilines is 3. The second-order valence-corrected chi connectivity index (χ2v) is 5.66. The van der Waals surface area contributed by atoms with Crippen LogP contribution >= 0.6 is 11.3 Å². The van der Waals surface area contributed by atoms with E-state index in [4.69, 9.17) is 10.5 Å². The highest BCUT2D eigenvalue weighted by atomic mass is 32.1. The Morgan fingerprint density at radius 2 is 2.14 bits per heavy atom. The molecule has 0 saturated carbocycles. The van der Waals surface area contributed by atoms with Crippen molar-refractivity contribution in [1.29, 1.82) is 0 Å². The van der Waals surface area contributed by atoms with Gasteiger partial charge in [0.2, 0.25) is 17.8 Å². The molecule has 1 fully saturated rings. The summed E-state index contributed by atoms with van der Waals surface area (Å²) in [4.78, 5) is 17.1. The Morgan fingerprint density at radius 1 is 1.33 bits per heavy atom. The van der Waals surface area contributed by atoms with Crippen LogP contribution in [-0.4, -0.2) is 48.3 Å². The molecule has 3 heterocycles. The smallest absolute Gasteiger partial charge is 0.232 e. The monoisotopic (exact) mass is 306 g/mol. The summed E-state index contributed by atoms with van der Waals surface area (Å²) >= 11 is 1.68. The standard InChI is InChI=1S/C13H18N6OS/c1-18(8-10-2-7-21-9-10)12-15-11(14)16-13(17-12)19-3-5-20-6-4-19/h2,7,9H,3-6,8H2,1H3,(H2,14,15,16,17). The summed E-state index contributed by atoms with van der Waals surface area (Å²) < 4.78 is 5.35. The fourth-order valence-electron chi connectivity index (χ4n) is 2.17. The molecular formula is C13H18N6OS. The molecular weight excluding hydrogens is 288 g/mol. The van der Waals surface area contributed by atoms with Gasteiger partial charge in [0.1, 0.15) is 0 Å². The van der Waals surface area contributed by atoms with Gasteiger partial charge in [0, 0.05) is 26.7 Å². The van der Waals surface area contributed by atoms with Crippen LogP contribution in [0.3, 0.4) is 0 Å². The van der Waals surface area contributed by atoms with Gasteiger partial charge in [-0.25, -0.2) is 0 Å². The minimum Gasteiger partial charge on any atom is -0.378 e. The second-order valence-electron chi connectivity index (χ2n) is 4.88. The molecule has 2 aromatic rings. The summed E-state index contributed by atoms with van der Waals surface area (Å²) in [5.74, 6) is 1.46. The normalized spacial score (nSPS) is 15.2. The van der Waals surface area contributed by atoms with Crippen molar-refractivity contribution in [2.75, 3.05) is 48.9 Å². The van der Waals surface area contributed by atoms with E-state index >= 15 is 0 Å². The van der Waals surface area contributed by atoms with Crippen LogP contribution in [0.1, 0.15) is 5.56 Å². The number of thiophene rings is 1. The fourth-order valence-corrected chi connectivity index (χ4v) is 2.83. The van der Waals surface area contributed by atoms with Gasteiger partial charge in [-0.2, -0.15) is 26.3 Å². The maximum absolute atomic E-state index is 5.83. The highest BCUT2D eigenvalue weighted by molar-refractivity contribution is 7.07. The van der Waals surface area contributed by atoms with E-state index in [1.807, 2.05) is 11.9 Å². The zero-order valence-electron chi connectivity index (χ0n) is 11.9. The highest BCUT2D eigenvalue weighted by Gasteiger charge is 2.17. The van der Waals surface area contributed by atoms with Gasteiger partial charge in [-0.1, -0.05) is 0 Å². The Balaban J connectivity index is 1.79. The van der Waals surface area contributed by atoms with Crippen molar-refractivity contribution in [3.8, 4) is 0 Å². The minimum absolute atomic E-state index is 0.249. The van der Waals surface area contributed by atoms with Crippen molar-refractivity contribution in [2.24, 2.45) is 0 Å². The Hall–Kier alpha value is -1.93. The quantitative estimate of drug-likeness (QED) is 0.902. The van der Waals surface area contributed by atoms with Gasteiger partial charge in [0.05, 0.1) is 13.2 Å². The predicted octanol–water partition coefficient (Wildman–Crippen LogP) is 0.988. The number of hydrogen-bond donors (Lipinski definition) is 1. The van der Waals surface area contributed by atoms with Crippen molar-refractivity contribution >= 4 is 29.2 Å². The molecule has 0 spiro atoms. The Labute approximate surface area is 127 Å². The SMILES string of the molecule is CN(Cc1ccsc1)c1nc(N)nc(N2CCOCC2)n1. The number of nitrogens with two attached hydrogens (primary N) is 1.